The first kappa shape index (κ1) is 22.6. The summed E-state index contributed by atoms with van der Waals surface area (Å²) in [7, 11) is -2.83. The lowest BCUT2D eigenvalue weighted by Gasteiger charge is -2.47. The summed E-state index contributed by atoms with van der Waals surface area (Å²) in [6.07, 6.45) is 7.09. The van der Waals surface area contributed by atoms with Crippen LogP contribution in [0.2, 0.25) is 0 Å². The molecule has 162 valence electrons. The van der Waals surface area contributed by atoms with Gasteiger partial charge in [-0.2, -0.15) is 0 Å². The van der Waals surface area contributed by atoms with Crippen molar-refractivity contribution in [1.82, 2.24) is 20.4 Å². The summed E-state index contributed by atoms with van der Waals surface area (Å²) < 4.78 is 23.4. The number of piperazine rings is 3. The molecular formula is C19H36IN5O2S. The zero-order valence-electron chi connectivity index (χ0n) is 16.8. The lowest BCUT2D eigenvalue weighted by molar-refractivity contribution is 0.0154. The highest BCUT2D eigenvalue weighted by Crippen LogP contribution is 2.20. The summed E-state index contributed by atoms with van der Waals surface area (Å²) in [6.45, 7) is 7.43. The Morgan fingerprint density at radius 1 is 1.04 bits per heavy atom. The Hall–Kier alpha value is -0.130. The van der Waals surface area contributed by atoms with Crippen LogP contribution in [-0.2, 0) is 9.84 Å². The normalized spacial score (nSPS) is 35.4. The number of guanidine groups is 1. The quantitative estimate of drug-likeness (QED) is 0.316. The summed E-state index contributed by atoms with van der Waals surface area (Å²) in [6, 6.07) is 1.06. The molecule has 4 saturated heterocycles. The molecule has 2 N–H and O–H groups in total. The van der Waals surface area contributed by atoms with E-state index in [9.17, 15) is 8.42 Å². The van der Waals surface area contributed by atoms with Crippen molar-refractivity contribution in [3.63, 3.8) is 0 Å². The van der Waals surface area contributed by atoms with Gasteiger partial charge in [0.2, 0.25) is 0 Å². The van der Waals surface area contributed by atoms with Crippen LogP contribution in [-0.4, -0.2) is 93.6 Å². The predicted molar refractivity (Wildman–Crippen MR) is 124 cm³/mol. The maximum absolute atomic E-state index is 11.7. The molecule has 0 spiro atoms. The van der Waals surface area contributed by atoms with Crippen LogP contribution in [0.1, 0.15) is 38.5 Å². The fourth-order valence-corrected chi connectivity index (χ4v) is 6.81. The van der Waals surface area contributed by atoms with Crippen LogP contribution < -0.4 is 10.6 Å². The predicted octanol–water partition coefficient (Wildman–Crippen LogP) is 0.907. The molecule has 0 radical (unpaired) electrons. The Bertz CT molecular complexity index is 630. The molecule has 0 aromatic carbocycles. The fraction of sp³-hybridized carbons (Fsp3) is 0.947. The van der Waals surface area contributed by atoms with Crippen LogP contribution in [0, 0.1) is 5.92 Å². The van der Waals surface area contributed by atoms with Crippen molar-refractivity contribution in [3.05, 3.63) is 0 Å². The van der Waals surface area contributed by atoms with Gasteiger partial charge >= 0.3 is 0 Å². The van der Waals surface area contributed by atoms with E-state index >= 15 is 0 Å². The van der Waals surface area contributed by atoms with Gasteiger partial charge in [0, 0.05) is 57.9 Å². The molecule has 7 nitrogen and oxygen atoms in total. The minimum atomic E-state index is -2.83. The molecule has 28 heavy (non-hydrogen) atoms. The number of aliphatic imine (C=N–C) groups is 1. The molecule has 5 fully saturated rings. The Kier molecular flexibility index (Phi) is 8.26. The summed E-state index contributed by atoms with van der Waals surface area (Å²) in [5.74, 6) is 1.71. The lowest BCUT2D eigenvalue weighted by atomic mass is 9.96. The van der Waals surface area contributed by atoms with Crippen LogP contribution in [0.15, 0.2) is 4.99 Å². The van der Waals surface area contributed by atoms with Crippen molar-refractivity contribution in [2.75, 3.05) is 57.3 Å². The number of nitrogens with zero attached hydrogens (tertiary/aromatic N) is 3. The van der Waals surface area contributed by atoms with E-state index in [2.05, 4.69) is 20.4 Å². The third-order valence-electron chi connectivity index (χ3n) is 6.68. The molecule has 0 aromatic rings. The van der Waals surface area contributed by atoms with Crippen molar-refractivity contribution in [2.45, 2.75) is 50.6 Å². The van der Waals surface area contributed by atoms with Crippen molar-refractivity contribution in [3.8, 4) is 0 Å². The minimum absolute atomic E-state index is 0. The highest BCUT2D eigenvalue weighted by atomic mass is 127. The van der Waals surface area contributed by atoms with Gasteiger partial charge in [0.25, 0.3) is 0 Å². The molecule has 4 heterocycles. The van der Waals surface area contributed by atoms with Crippen molar-refractivity contribution in [2.24, 2.45) is 10.9 Å². The second-order valence-electron chi connectivity index (χ2n) is 8.81. The number of rotatable bonds is 5. The van der Waals surface area contributed by atoms with Crippen LogP contribution in [0.25, 0.3) is 0 Å². The molecule has 5 aliphatic rings. The zero-order chi connectivity index (χ0) is 18.7. The largest absolute Gasteiger partial charge is 0.355 e. The third kappa shape index (κ3) is 6.18. The number of nitrogens with one attached hydrogen (secondary N) is 2. The molecule has 1 aliphatic carbocycles. The second kappa shape index (κ2) is 10.3. The lowest BCUT2D eigenvalue weighted by Crippen LogP contribution is -2.64. The maximum atomic E-state index is 11.7. The first-order valence-corrected chi connectivity index (χ1v) is 12.6. The highest BCUT2D eigenvalue weighted by molar-refractivity contribution is 14.0. The van der Waals surface area contributed by atoms with E-state index in [-0.39, 0.29) is 29.9 Å². The van der Waals surface area contributed by atoms with Gasteiger partial charge in [0.15, 0.2) is 15.8 Å². The monoisotopic (exact) mass is 525 g/mol. The molecule has 2 atom stereocenters. The van der Waals surface area contributed by atoms with E-state index in [0.717, 1.165) is 25.5 Å². The number of hydrogen-bond acceptors (Lipinski definition) is 5. The minimum Gasteiger partial charge on any atom is -0.355 e. The van der Waals surface area contributed by atoms with Crippen LogP contribution in [0.3, 0.4) is 0 Å². The molecule has 2 unspecified atom stereocenters. The molecular weight excluding hydrogens is 489 g/mol. The molecule has 2 bridgehead atoms. The number of hydrogen-bond donors (Lipinski definition) is 2. The Morgan fingerprint density at radius 2 is 1.79 bits per heavy atom. The summed E-state index contributed by atoms with van der Waals surface area (Å²) >= 11 is 0. The average Bonchev–Trinajstić information content (AvgIpc) is 3.04. The van der Waals surface area contributed by atoms with Crippen LogP contribution >= 0.6 is 24.0 Å². The van der Waals surface area contributed by atoms with E-state index in [1.54, 1.807) is 0 Å². The SMILES string of the molecule is I.O=S1(=O)CCC(CN=C(NCC2CN3CCN2CC3)NC2CCCCC2)C1. The molecule has 9 heteroatoms. The van der Waals surface area contributed by atoms with Gasteiger partial charge in [-0.1, -0.05) is 19.3 Å². The van der Waals surface area contributed by atoms with Crippen LogP contribution in [0.4, 0.5) is 0 Å². The maximum Gasteiger partial charge on any atom is 0.191 e. The second-order valence-corrected chi connectivity index (χ2v) is 11.0. The summed E-state index contributed by atoms with van der Waals surface area (Å²) in [5.41, 5.74) is 0. The van der Waals surface area contributed by atoms with Gasteiger partial charge in [-0.15, -0.1) is 24.0 Å². The molecule has 1 saturated carbocycles. The number of sulfone groups is 1. The van der Waals surface area contributed by atoms with E-state index in [1.165, 1.54) is 58.3 Å². The molecule has 0 aromatic heterocycles. The average molecular weight is 526 g/mol. The van der Waals surface area contributed by atoms with Gasteiger partial charge < -0.3 is 10.6 Å². The van der Waals surface area contributed by atoms with Gasteiger partial charge in [0.05, 0.1) is 11.5 Å². The molecule has 4 aliphatic heterocycles. The van der Waals surface area contributed by atoms with E-state index in [1.807, 2.05) is 0 Å². The van der Waals surface area contributed by atoms with E-state index in [4.69, 9.17) is 4.99 Å². The first-order valence-electron chi connectivity index (χ1n) is 10.8. The summed E-state index contributed by atoms with van der Waals surface area (Å²) in [4.78, 5) is 9.96. The van der Waals surface area contributed by atoms with Gasteiger partial charge in [-0.25, -0.2) is 8.42 Å². The van der Waals surface area contributed by atoms with Crippen molar-refractivity contribution in [1.29, 1.82) is 0 Å². The van der Waals surface area contributed by atoms with Crippen molar-refractivity contribution >= 4 is 39.8 Å². The third-order valence-corrected chi connectivity index (χ3v) is 8.51. The van der Waals surface area contributed by atoms with Gasteiger partial charge in [0.1, 0.15) is 0 Å². The Balaban J connectivity index is 0.00000225. The highest BCUT2D eigenvalue weighted by Gasteiger charge is 2.32. The van der Waals surface area contributed by atoms with E-state index in [0.29, 0.717) is 30.1 Å². The topological polar surface area (TPSA) is 77.0 Å². The van der Waals surface area contributed by atoms with Crippen LogP contribution in [0.5, 0.6) is 0 Å². The van der Waals surface area contributed by atoms with Crippen molar-refractivity contribution < 1.29 is 8.42 Å². The Morgan fingerprint density at radius 3 is 2.39 bits per heavy atom. The first-order chi connectivity index (χ1) is 13.1. The summed E-state index contributed by atoms with van der Waals surface area (Å²) in [5, 5.41) is 7.23. The molecule has 5 rings (SSSR count). The Labute approximate surface area is 187 Å². The van der Waals surface area contributed by atoms with Gasteiger partial charge in [-0.3, -0.25) is 14.8 Å². The zero-order valence-corrected chi connectivity index (χ0v) is 20.0. The number of fused-ring (bicyclic) bond motifs is 3. The van der Waals surface area contributed by atoms with Gasteiger partial charge in [-0.05, 0) is 25.2 Å². The molecule has 0 amide bonds. The number of halogens is 1. The fourth-order valence-electron chi connectivity index (χ4n) is 4.96. The standard InChI is InChI=1S/C19H35N5O2S.HI/c25-27(26)11-6-16(15-27)12-20-19(22-17-4-2-1-3-5-17)21-13-18-14-23-7-9-24(18)10-8-23;/h16-18H,1-15H2,(H2,20,21,22);1H. The smallest absolute Gasteiger partial charge is 0.191 e. The van der Waals surface area contributed by atoms with E-state index < -0.39 is 9.84 Å².